The van der Waals surface area contributed by atoms with Gasteiger partial charge in [-0.1, -0.05) is 39.0 Å². The monoisotopic (exact) mass is 589 g/mol. The van der Waals surface area contributed by atoms with Gasteiger partial charge in [0.25, 0.3) is 5.91 Å². The van der Waals surface area contributed by atoms with Crippen LogP contribution in [0, 0.1) is 0 Å². The number of ether oxygens (including phenoxy) is 1. The van der Waals surface area contributed by atoms with Crippen LogP contribution in [0.4, 0.5) is 5.82 Å². The molecular formula is C26H36N5O7PSi. The Morgan fingerprint density at radius 3 is 2.55 bits per heavy atom. The van der Waals surface area contributed by atoms with E-state index in [1.807, 2.05) is 18.2 Å². The zero-order chi connectivity index (χ0) is 28.8. The highest BCUT2D eigenvalue weighted by Crippen LogP contribution is 2.46. The van der Waals surface area contributed by atoms with Crippen LogP contribution in [-0.2, 0) is 20.1 Å². The Bertz CT molecular complexity index is 1370. The summed E-state index contributed by atoms with van der Waals surface area (Å²) in [4.78, 5) is 43.7. The molecular weight excluding hydrogens is 553 g/mol. The molecule has 216 valence electrons. The van der Waals surface area contributed by atoms with E-state index in [4.69, 9.17) is 18.8 Å². The molecule has 14 heteroatoms. The first kappa shape index (κ1) is 29.1. The number of aryl methyl sites for hydroxylation is 1. The van der Waals surface area contributed by atoms with E-state index in [2.05, 4.69) is 43.8 Å². The Morgan fingerprint density at radius 2 is 1.90 bits per heavy atom. The molecule has 4 heterocycles. The molecule has 1 saturated heterocycles. The van der Waals surface area contributed by atoms with E-state index in [0.29, 0.717) is 41.8 Å². The van der Waals surface area contributed by atoms with E-state index in [0.717, 1.165) is 5.69 Å². The largest absolute Gasteiger partial charge is 0.406 e. The van der Waals surface area contributed by atoms with Crippen LogP contribution in [0.5, 0.6) is 0 Å². The predicted octanol–water partition coefficient (Wildman–Crippen LogP) is 3.30. The molecule has 12 nitrogen and oxygen atoms in total. The fourth-order valence-electron chi connectivity index (χ4n) is 4.96. The average molecular weight is 590 g/mol. The summed E-state index contributed by atoms with van der Waals surface area (Å²) >= 11 is 0. The number of anilines is 1. The van der Waals surface area contributed by atoms with E-state index in [-0.39, 0.29) is 10.9 Å². The number of aromatic nitrogens is 4. The van der Waals surface area contributed by atoms with Crippen molar-refractivity contribution in [3.63, 3.8) is 0 Å². The zero-order valence-electron chi connectivity index (χ0n) is 23.3. The molecule has 1 amide bonds. The Labute approximate surface area is 235 Å². The lowest BCUT2D eigenvalue weighted by molar-refractivity contribution is -0.0546. The standard InChI is InChI=1S/C26H36N5O7PSi/c1-26(2,3)40(4,5)38-21-20(37-39(34)35)18(14-32)36-25(21)31-23-19-17(29-31)12-9-13-30(22(19)27-15-28-23)24(33)16-10-7-6-8-11-16/h6-8,10-11,15,18,20-21,25,32,34-35H,9,12-14H2,1-5H3/t18-,20-,21-,25-/m1/s1. The molecule has 2 aliphatic rings. The minimum Gasteiger partial charge on any atom is -0.406 e. The molecule has 2 aromatic heterocycles. The van der Waals surface area contributed by atoms with Crippen LogP contribution in [-0.4, -0.2) is 80.3 Å². The first-order valence-corrected chi connectivity index (χ1v) is 17.4. The molecule has 0 saturated carbocycles. The molecule has 5 rings (SSSR count). The SMILES string of the molecule is CC(C)(C)[Si](C)(C)O[C@@H]1[C@H](OP(O)O)[C@@H](CO)O[C@H]1n1nc2c3c(ncnc31)N(C(=O)c1ccccc1)CCC2. The van der Waals surface area contributed by atoms with Crippen molar-refractivity contribution in [2.75, 3.05) is 18.1 Å². The Hall–Kier alpha value is -2.35. The number of hydrogen-bond acceptors (Lipinski definition) is 10. The van der Waals surface area contributed by atoms with Gasteiger partial charge in [-0.05, 0) is 43.1 Å². The summed E-state index contributed by atoms with van der Waals surface area (Å²) in [5.74, 6) is 0.309. The Balaban J connectivity index is 1.61. The summed E-state index contributed by atoms with van der Waals surface area (Å²) in [6.45, 7) is 10.5. The molecule has 1 fully saturated rings. The lowest BCUT2D eigenvalue weighted by Crippen LogP contribution is -2.49. The van der Waals surface area contributed by atoms with Crippen LogP contribution in [0.3, 0.4) is 0 Å². The van der Waals surface area contributed by atoms with Gasteiger partial charge in [0.15, 0.2) is 20.2 Å². The lowest BCUT2D eigenvalue weighted by Gasteiger charge is -2.40. The lowest BCUT2D eigenvalue weighted by atomic mass is 10.1. The third-order valence-corrected chi connectivity index (χ3v) is 12.9. The van der Waals surface area contributed by atoms with Gasteiger partial charge < -0.3 is 28.6 Å². The molecule has 1 aromatic carbocycles. The first-order chi connectivity index (χ1) is 18.9. The van der Waals surface area contributed by atoms with Crippen LogP contribution >= 0.6 is 8.60 Å². The topological polar surface area (TPSA) is 152 Å². The minimum absolute atomic E-state index is 0.162. The molecule has 3 N–H and O–H groups in total. The fraction of sp³-hybridized carbons (Fsp3) is 0.538. The molecule has 3 aromatic rings. The second kappa shape index (κ2) is 11.1. The molecule has 0 radical (unpaired) electrons. The minimum atomic E-state index is -2.75. The molecule has 40 heavy (non-hydrogen) atoms. The van der Waals surface area contributed by atoms with Crippen molar-refractivity contribution in [3.05, 3.63) is 47.9 Å². The number of nitrogens with zero attached hydrogens (tertiary/aromatic N) is 5. The maximum atomic E-state index is 13.5. The van der Waals surface area contributed by atoms with Crippen LogP contribution in [0.1, 0.15) is 49.5 Å². The van der Waals surface area contributed by atoms with Crippen molar-refractivity contribution in [3.8, 4) is 0 Å². The maximum absolute atomic E-state index is 13.5. The smallest absolute Gasteiger partial charge is 0.327 e. The van der Waals surface area contributed by atoms with Gasteiger partial charge in [-0.15, -0.1) is 0 Å². The average Bonchev–Trinajstić information content (AvgIpc) is 3.36. The van der Waals surface area contributed by atoms with E-state index in [1.165, 1.54) is 6.33 Å². The predicted molar refractivity (Wildman–Crippen MR) is 151 cm³/mol. The highest BCUT2D eigenvalue weighted by Gasteiger charge is 2.53. The van der Waals surface area contributed by atoms with Crippen LogP contribution < -0.4 is 4.90 Å². The van der Waals surface area contributed by atoms with Gasteiger partial charge in [0.1, 0.15) is 30.5 Å². The molecule has 0 aliphatic carbocycles. The van der Waals surface area contributed by atoms with Crippen molar-refractivity contribution >= 4 is 39.7 Å². The van der Waals surface area contributed by atoms with E-state index >= 15 is 0 Å². The van der Waals surface area contributed by atoms with Gasteiger partial charge in [-0.3, -0.25) is 9.69 Å². The normalized spacial score (nSPS) is 23.7. The second-order valence-electron chi connectivity index (χ2n) is 11.6. The van der Waals surface area contributed by atoms with Gasteiger partial charge >= 0.3 is 8.60 Å². The summed E-state index contributed by atoms with van der Waals surface area (Å²) in [7, 11) is -5.19. The molecule has 0 unspecified atom stereocenters. The fourth-order valence-corrected chi connectivity index (χ4v) is 6.72. The van der Waals surface area contributed by atoms with Crippen molar-refractivity contribution in [2.24, 2.45) is 0 Å². The molecule has 0 spiro atoms. The maximum Gasteiger partial charge on any atom is 0.327 e. The van der Waals surface area contributed by atoms with Crippen LogP contribution in [0.25, 0.3) is 11.0 Å². The highest BCUT2D eigenvalue weighted by atomic mass is 31.2. The summed E-state index contributed by atoms with van der Waals surface area (Å²) < 4.78 is 20.1. The molecule has 2 aliphatic heterocycles. The summed E-state index contributed by atoms with van der Waals surface area (Å²) in [6, 6.07) is 9.06. The summed E-state index contributed by atoms with van der Waals surface area (Å²) in [5.41, 5.74) is 1.73. The zero-order valence-corrected chi connectivity index (χ0v) is 25.2. The number of carbonyl (C=O) groups is 1. The van der Waals surface area contributed by atoms with Gasteiger partial charge in [-0.25, -0.2) is 14.6 Å². The number of aliphatic hydroxyl groups excluding tert-OH is 1. The van der Waals surface area contributed by atoms with Crippen molar-refractivity contribution < 1.29 is 33.4 Å². The number of amides is 1. The Kier molecular flexibility index (Phi) is 8.12. The van der Waals surface area contributed by atoms with Gasteiger partial charge in [-0.2, -0.15) is 5.10 Å². The highest BCUT2D eigenvalue weighted by molar-refractivity contribution is 7.39. The van der Waals surface area contributed by atoms with Gasteiger partial charge in [0, 0.05) is 12.1 Å². The van der Waals surface area contributed by atoms with E-state index in [9.17, 15) is 19.7 Å². The molecule has 4 atom stereocenters. The van der Waals surface area contributed by atoms with Crippen LogP contribution in [0.15, 0.2) is 36.7 Å². The van der Waals surface area contributed by atoms with Crippen molar-refractivity contribution in [1.29, 1.82) is 0 Å². The van der Waals surface area contributed by atoms with Crippen molar-refractivity contribution in [1.82, 2.24) is 19.7 Å². The second-order valence-corrected chi connectivity index (χ2v) is 17.1. The van der Waals surface area contributed by atoms with Gasteiger partial charge in [0.05, 0.1) is 17.7 Å². The summed E-state index contributed by atoms with van der Waals surface area (Å²) in [6.07, 6.45) is -0.904. The number of aliphatic hydroxyl groups is 1. The third kappa shape index (κ3) is 5.32. The van der Waals surface area contributed by atoms with E-state index < -0.39 is 48.1 Å². The Morgan fingerprint density at radius 1 is 1.18 bits per heavy atom. The van der Waals surface area contributed by atoms with E-state index in [1.54, 1.807) is 21.7 Å². The number of rotatable bonds is 7. The third-order valence-electron chi connectivity index (χ3n) is 8.02. The van der Waals surface area contributed by atoms with Crippen molar-refractivity contribution in [2.45, 2.75) is 76.3 Å². The first-order valence-electron chi connectivity index (χ1n) is 13.3. The number of hydrogen-bond donors (Lipinski definition) is 3. The van der Waals surface area contributed by atoms with Crippen LogP contribution in [0.2, 0.25) is 18.1 Å². The summed E-state index contributed by atoms with van der Waals surface area (Å²) in [5, 5.41) is 15.5. The number of carbonyl (C=O) groups excluding carboxylic acids is 1. The number of benzene rings is 1. The van der Waals surface area contributed by atoms with Gasteiger partial charge in [0.2, 0.25) is 0 Å². The molecule has 0 bridgehead atoms. The quantitative estimate of drug-likeness (QED) is 0.276.